The van der Waals surface area contributed by atoms with Crippen molar-refractivity contribution in [2.75, 3.05) is 17.4 Å². The van der Waals surface area contributed by atoms with Crippen LogP contribution in [0.1, 0.15) is 33.9 Å². The summed E-state index contributed by atoms with van der Waals surface area (Å²) in [6.07, 6.45) is -4.75. The first-order valence-electron chi connectivity index (χ1n) is 9.17. The van der Waals surface area contributed by atoms with E-state index >= 15 is 0 Å². The third-order valence-electron chi connectivity index (χ3n) is 5.03. The third kappa shape index (κ3) is 3.63. The van der Waals surface area contributed by atoms with Gasteiger partial charge in [-0.2, -0.15) is 18.3 Å². The second-order valence-electron chi connectivity index (χ2n) is 6.98. The number of aromatic nitrogens is 2. The molecule has 1 aromatic carbocycles. The Kier molecular flexibility index (Phi) is 4.85. The Morgan fingerprint density at radius 3 is 2.84 bits per heavy atom. The van der Waals surface area contributed by atoms with Crippen LogP contribution in [0, 0.1) is 0 Å². The maximum absolute atomic E-state index is 13.8. The molecule has 5 rings (SSSR count). The van der Waals surface area contributed by atoms with Crippen LogP contribution in [-0.4, -0.2) is 28.7 Å². The number of fused-ring (bicyclic) bond motifs is 2. The van der Waals surface area contributed by atoms with Gasteiger partial charge in [-0.25, -0.2) is 4.68 Å². The van der Waals surface area contributed by atoms with Gasteiger partial charge >= 0.3 is 6.18 Å². The zero-order valence-electron chi connectivity index (χ0n) is 15.6. The monoisotopic (exact) mass is 514 g/mol. The van der Waals surface area contributed by atoms with Crippen LogP contribution in [0.2, 0.25) is 0 Å². The van der Waals surface area contributed by atoms with Gasteiger partial charge in [0.2, 0.25) is 6.79 Å². The zero-order valence-corrected chi connectivity index (χ0v) is 18.0. The van der Waals surface area contributed by atoms with Crippen LogP contribution in [0.4, 0.5) is 24.7 Å². The van der Waals surface area contributed by atoms with Crippen molar-refractivity contribution in [2.24, 2.45) is 0 Å². The van der Waals surface area contributed by atoms with E-state index < -0.39 is 24.2 Å². The fourth-order valence-corrected chi connectivity index (χ4v) is 4.92. The summed E-state index contributed by atoms with van der Waals surface area (Å²) in [5.74, 6) is 0.484. The van der Waals surface area contributed by atoms with Gasteiger partial charge in [-0.05, 0) is 39.5 Å². The lowest BCUT2D eigenvalue weighted by Gasteiger charge is -2.33. The van der Waals surface area contributed by atoms with E-state index in [1.165, 1.54) is 11.3 Å². The zero-order chi connectivity index (χ0) is 21.8. The van der Waals surface area contributed by atoms with E-state index in [9.17, 15) is 18.0 Å². The van der Waals surface area contributed by atoms with Crippen LogP contribution in [0.3, 0.4) is 0 Å². The fourth-order valence-electron chi connectivity index (χ4n) is 3.58. The number of halogens is 4. The smallest absolute Gasteiger partial charge is 0.410 e. The molecule has 0 saturated heterocycles. The van der Waals surface area contributed by atoms with Gasteiger partial charge in [0, 0.05) is 23.1 Å². The number of alkyl halides is 3. The Balaban J connectivity index is 1.47. The van der Waals surface area contributed by atoms with E-state index in [2.05, 4.69) is 31.7 Å². The van der Waals surface area contributed by atoms with Gasteiger partial charge in [0.1, 0.15) is 5.82 Å². The molecule has 162 valence electrons. The maximum atomic E-state index is 13.8. The number of carbonyl (C=O) groups excluding carboxylic acids is 1. The predicted molar refractivity (Wildman–Crippen MR) is 111 cm³/mol. The molecule has 0 spiro atoms. The third-order valence-corrected chi connectivity index (χ3v) is 6.76. The van der Waals surface area contributed by atoms with Crippen molar-refractivity contribution in [3.8, 4) is 11.5 Å². The molecule has 2 aliphatic heterocycles. The Morgan fingerprint density at radius 1 is 1.29 bits per heavy atom. The predicted octanol–water partition coefficient (Wildman–Crippen LogP) is 5.35. The Hall–Kier alpha value is -2.73. The molecule has 0 radical (unpaired) electrons. The summed E-state index contributed by atoms with van der Waals surface area (Å²) in [7, 11) is 0. The summed E-state index contributed by atoms with van der Waals surface area (Å²) in [5, 5.41) is 11.5. The highest BCUT2D eigenvalue weighted by Crippen LogP contribution is 2.47. The molecule has 2 N–H and O–H groups in total. The summed E-state index contributed by atoms with van der Waals surface area (Å²) < 4.78 is 53.0. The molecule has 0 unspecified atom stereocenters. The Labute approximate surface area is 186 Å². The van der Waals surface area contributed by atoms with Gasteiger partial charge in [-0.3, -0.25) is 4.79 Å². The van der Waals surface area contributed by atoms with E-state index in [-0.39, 0.29) is 29.2 Å². The minimum Gasteiger partial charge on any atom is -0.454 e. The number of carbonyl (C=O) groups is 1. The standard InChI is InChI=1S/C19H14BrF3N4O3S/c20-15-16(18(28)24-9-3-4-11-12(6-9)30-8-29-11)26-27-14(19(21,22)23)7-10(25-17(15)27)13-2-1-5-31-13/h1-6,10,14,25H,7-8H2,(H,24,28)/t10-,14-/m1/s1. The lowest BCUT2D eigenvalue weighted by Crippen LogP contribution is -2.35. The van der Waals surface area contributed by atoms with Gasteiger partial charge in [-0.1, -0.05) is 6.07 Å². The number of amides is 1. The average Bonchev–Trinajstić information content (AvgIpc) is 3.46. The molecule has 1 amide bonds. The highest BCUT2D eigenvalue weighted by molar-refractivity contribution is 9.10. The van der Waals surface area contributed by atoms with E-state index in [0.29, 0.717) is 17.2 Å². The SMILES string of the molecule is O=C(Nc1ccc2c(c1)OCO2)c1nn2c(c1Br)N[C@@H](c1cccs1)C[C@@H]2C(F)(F)F. The van der Waals surface area contributed by atoms with Gasteiger partial charge in [0.25, 0.3) is 5.91 Å². The number of nitrogens with one attached hydrogen (secondary N) is 2. The molecule has 12 heteroatoms. The summed E-state index contributed by atoms with van der Waals surface area (Å²) in [4.78, 5) is 13.6. The Morgan fingerprint density at radius 2 is 2.10 bits per heavy atom. The molecule has 31 heavy (non-hydrogen) atoms. The number of benzene rings is 1. The van der Waals surface area contributed by atoms with E-state index in [1.54, 1.807) is 30.3 Å². The number of anilines is 2. The van der Waals surface area contributed by atoms with Crippen LogP contribution in [0.5, 0.6) is 11.5 Å². The number of nitrogens with zero attached hydrogens (tertiary/aromatic N) is 2. The van der Waals surface area contributed by atoms with Crippen molar-refractivity contribution < 1.29 is 27.4 Å². The van der Waals surface area contributed by atoms with Crippen LogP contribution in [0.15, 0.2) is 40.2 Å². The van der Waals surface area contributed by atoms with E-state index in [1.807, 2.05) is 5.38 Å². The van der Waals surface area contributed by atoms with Crippen molar-refractivity contribution in [3.63, 3.8) is 0 Å². The molecule has 3 aromatic rings. The molecule has 0 fully saturated rings. The number of rotatable bonds is 3. The van der Waals surface area contributed by atoms with Crippen molar-refractivity contribution in [1.82, 2.24) is 9.78 Å². The average molecular weight is 515 g/mol. The van der Waals surface area contributed by atoms with Gasteiger partial charge in [0.15, 0.2) is 23.2 Å². The normalized spacial score (nSPS) is 19.6. The summed E-state index contributed by atoms with van der Waals surface area (Å²) in [6.45, 7) is 0.0853. The maximum Gasteiger partial charge on any atom is 0.410 e. The highest BCUT2D eigenvalue weighted by atomic mass is 79.9. The largest absolute Gasteiger partial charge is 0.454 e. The lowest BCUT2D eigenvalue weighted by molar-refractivity contribution is -0.173. The van der Waals surface area contributed by atoms with Crippen molar-refractivity contribution in [3.05, 3.63) is 50.8 Å². The van der Waals surface area contributed by atoms with Crippen molar-refractivity contribution in [1.29, 1.82) is 0 Å². The number of hydrogen-bond donors (Lipinski definition) is 2. The Bertz CT molecular complexity index is 1150. The van der Waals surface area contributed by atoms with Crippen LogP contribution >= 0.6 is 27.3 Å². The molecular weight excluding hydrogens is 501 g/mol. The molecule has 0 saturated carbocycles. The number of hydrogen-bond acceptors (Lipinski definition) is 6. The molecule has 0 aliphatic carbocycles. The van der Waals surface area contributed by atoms with Gasteiger partial charge < -0.3 is 20.1 Å². The highest BCUT2D eigenvalue weighted by Gasteiger charge is 2.48. The van der Waals surface area contributed by atoms with Crippen molar-refractivity contribution >= 4 is 44.7 Å². The first kappa shape index (κ1) is 20.2. The molecular formula is C19H14BrF3N4O3S. The molecule has 7 nitrogen and oxygen atoms in total. The number of ether oxygens (including phenoxy) is 2. The topological polar surface area (TPSA) is 77.4 Å². The lowest BCUT2D eigenvalue weighted by atomic mass is 10.0. The minimum absolute atomic E-state index is 0.0853. The van der Waals surface area contributed by atoms with E-state index in [4.69, 9.17) is 9.47 Å². The second-order valence-corrected chi connectivity index (χ2v) is 8.76. The molecule has 2 aliphatic rings. The minimum atomic E-state index is -4.52. The second kappa shape index (κ2) is 7.45. The van der Waals surface area contributed by atoms with Gasteiger partial charge in [0.05, 0.1) is 10.5 Å². The first-order valence-corrected chi connectivity index (χ1v) is 10.8. The number of thiophene rings is 1. The molecule has 0 bridgehead atoms. The van der Waals surface area contributed by atoms with Crippen molar-refractivity contribution in [2.45, 2.75) is 24.7 Å². The molecule has 4 heterocycles. The van der Waals surface area contributed by atoms with Gasteiger partial charge in [-0.15, -0.1) is 11.3 Å². The quantitative estimate of drug-likeness (QED) is 0.492. The van der Waals surface area contributed by atoms with Crippen LogP contribution in [0.25, 0.3) is 0 Å². The summed E-state index contributed by atoms with van der Waals surface area (Å²) >= 11 is 4.64. The van der Waals surface area contributed by atoms with Crippen LogP contribution < -0.4 is 20.1 Å². The molecule has 2 atom stereocenters. The molecule has 2 aromatic heterocycles. The summed E-state index contributed by atoms with van der Waals surface area (Å²) in [5.41, 5.74) is 0.255. The van der Waals surface area contributed by atoms with Crippen LogP contribution in [-0.2, 0) is 0 Å². The summed E-state index contributed by atoms with van der Waals surface area (Å²) in [6, 6.07) is 5.99. The first-order chi connectivity index (χ1) is 14.8. The fraction of sp³-hybridized carbons (Fsp3) is 0.263. The van der Waals surface area contributed by atoms with E-state index in [0.717, 1.165) is 9.56 Å².